The minimum absolute atomic E-state index is 0.155. The highest BCUT2D eigenvalue weighted by atomic mass is 19.1. The minimum Gasteiger partial charge on any atom is -0.309 e. The van der Waals surface area contributed by atoms with E-state index in [1.807, 2.05) is 0 Å². The first-order valence-electron chi connectivity index (χ1n) is 6.76. The van der Waals surface area contributed by atoms with Gasteiger partial charge in [-0.1, -0.05) is 32.8 Å². The molecule has 3 atom stereocenters. The number of rotatable bonds is 3. The van der Waals surface area contributed by atoms with E-state index >= 15 is 0 Å². The van der Waals surface area contributed by atoms with E-state index in [4.69, 9.17) is 0 Å². The first kappa shape index (κ1) is 13.5. The van der Waals surface area contributed by atoms with Crippen molar-refractivity contribution in [1.29, 1.82) is 0 Å². The van der Waals surface area contributed by atoms with Crippen molar-refractivity contribution in [3.8, 4) is 0 Å². The average Bonchev–Trinajstić information content (AvgIpc) is 2.33. The van der Waals surface area contributed by atoms with Crippen LogP contribution >= 0.6 is 0 Å². The fourth-order valence-corrected chi connectivity index (χ4v) is 2.80. The fraction of sp³-hybridized carbons (Fsp3) is 0.600. The van der Waals surface area contributed by atoms with Gasteiger partial charge in [0.25, 0.3) is 0 Å². The summed E-state index contributed by atoms with van der Waals surface area (Å²) in [4.78, 5) is 0. The van der Waals surface area contributed by atoms with Gasteiger partial charge in [0, 0.05) is 18.2 Å². The number of halogens is 2. The SMILES string of the molecule is CC1CCCC(NCc2c(F)cccc2F)C1C. The van der Waals surface area contributed by atoms with Crippen LogP contribution in [0.2, 0.25) is 0 Å². The van der Waals surface area contributed by atoms with E-state index in [2.05, 4.69) is 19.2 Å². The lowest BCUT2D eigenvalue weighted by atomic mass is 9.78. The maximum atomic E-state index is 13.5. The third-order valence-electron chi connectivity index (χ3n) is 4.31. The minimum atomic E-state index is -0.459. The maximum Gasteiger partial charge on any atom is 0.130 e. The standard InChI is InChI=1S/C15H21F2N/c1-10-5-3-8-15(11(10)2)18-9-12-13(16)6-4-7-14(12)17/h4,6-7,10-11,15,18H,3,5,8-9H2,1-2H3. The molecular weight excluding hydrogens is 232 g/mol. The van der Waals surface area contributed by atoms with Gasteiger partial charge in [-0.3, -0.25) is 0 Å². The Kier molecular flexibility index (Phi) is 4.33. The van der Waals surface area contributed by atoms with Gasteiger partial charge in [0.15, 0.2) is 0 Å². The molecule has 1 N–H and O–H groups in total. The van der Waals surface area contributed by atoms with Gasteiger partial charge in [-0.2, -0.15) is 0 Å². The van der Waals surface area contributed by atoms with Crippen LogP contribution in [0.4, 0.5) is 8.78 Å². The zero-order chi connectivity index (χ0) is 13.1. The molecule has 0 aliphatic heterocycles. The highest BCUT2D eigenvalue weighted by molar-refractivity contribution is 5.19. The van der Waals surface area contributed by atoms with Crippen molar-refractivity contribution in [2.24, 2.45) is 11.8 Å². The summed E-state index contributed by atoms with van der Waals surface area (Å²) in [6.45, 7) is 4.75. The van der Waals surface area contributed by atoms with Crippen LogP contribution in [0.25, 0.3) is 0 Å². The number of benzene rings is 1. The molecule has 2 rings (SSSR count). The molecule has 1 aromatic rings. The van der Waals surface area contributed by atoms with Gasteiger partial charge in [0.1, 0.15) is 11.6 Å². The highest BCUT2D eigenvalue weighted by Gasteiger charge is 2.26. The van der Waals surface area contributed by atoms with Crippen LogP contribution in [-0.2, 0) is 6.54 Å². The molecule has 100 valence electrons. The van der Waals surface area contributed by atoms with Crippen LogP contribution in [0.1, 0.15) is 38.7 Å². The Morgan fingerprint density at radius 3 is 2.50 bits per heavy atom. The quantitative estimate of drug-likeness (QED) is 0.862. The van der Waals surface area contributed by atoms with Gasteiger partial charge in [-0.15, -0.1) is 0 Å². The largest absolute Gasteiger partial charge is 0.309 e. The molecular formula is C15H21F2N. The first-order valence-corrected chi connectivity index (χ1v) is 6.76. The van der Waals surface area contributed by atoms with E-state index in [0.29, 0.717) is 17.9 Å². The lowest BCUT2D eigenvalue weighted by Crippen LogP contribution is -2.40. The molecule has 0 spiro atoms. The average molecular weight is 253 g/mol. The van der Waals surface area contributed by atoms with E-state index in [9.17, 15) is 8.78 Å². The summed E-state index contributed by atoms with van der Waals surface area (Å²) in [5, 5.41) is 3.32. The van der Waals surface area contributed by atoms with Crippen molar-refractivity contribution in [2.75, 3.05) is 0 Å². The Hall–Kier alpha value is -0.960. The van der Waals surface area contributed by atoms with Crippen molar-refractivity contribution in [3.63, 3.8) is 0 Å². The molecule has 1 aliphatic carbocycles. The zero-order valence-corrected chi connectivity index (χ0v) is 11.0. The molecule has 1 fully saturated rings. The lowest BCUT2D eigenvalue weighted by molar-refractivity contribution is 0.205. The van der Waals surface area contributed by atoms with Gasteiger partial charge in [-0.25, -0.2) is 8.78 Å². The molecule has 1 saturated carbocycles. The summed E-state index contributed by atoms with van der Waals surface area (Å²) in [6.07, 6.45) is 3.55. The second-order valence-corrected chi connectivity index (χ2v) is 5.45. The lowest BCUT2D eigenvalue weighted by Gasteiger charge is -2.34. The van der Waals surface area contributed by atoms with Gasteiger partial charge < -0.3 is 5.32 Å². The summed E-state index contributed by atoms with van der Waals surface area (Å²) in [5.41, 5.74) is 0.155. The Bertz CT molecular complexity index is 385. The molecule has 3 heteroatoms. The Labute approximate surface area is 108 Å². The van der Waals surface area contributed by atoms with Gasteiger partial charge in [0.2, 0.25) is 0 Å². The van der Waals surface area contributed by atoms with Crippen molar-refractivity contribution in [2.45, 2.75) is 45.7 Å². The van der Waals surface area contributed by atoms with E-state index < -0.39 is 11.6 Å². The molecule has 1 aliphatic rings. The highest BCUT2D eigenvalue weighted by Crippen LogP contribution is 2.29. The second kappa shape index (κ2) is 5.79. The van der Waals surface area contributed by atoms with Crippen LogP contribution in [0.15, 0.2) is 18.2 Å². The molecule has 1 nitrogen and oxygen atoms in total. The third-order valence-corrected chi connectivity index (χ3v) is 4.31. The zero-order valence-electron chi connectivity index (χ0n) is 11.0. The third kappa shape index (κ3) is 2.89. The summed E-state index contributed by atoms with van der Waals surface area (Å²) in [6, 6.07) is 4.40. The van der Waals surface area contributed by atoms with E-state index in [-0.39, 0.29) is 12.1 Å². The van der Waals surface area contributed by atoms with Crippen LogP contribution in [0.3, 0.4) is 0 Å². The van der Waals surface area contributed by atoms with Crippen molar-refractivity contribution < 1.29 is 8.78 Å². The molecule has 1 aromatic carbocycles. The van der Waals surface area contributed by atoms with Gasteiger partial charge in [0.05, 0.1) is 0 Å². The second-order valence-electron chi connectivity index (χ2n) is 5.45. The van der Waals surface area contributed by atoms with Gasteiger partial charge in [-0.05, 0) is 30.4 Å². The molecule has 18 heavy (non-hydrogen) atoms. The first-order chi connectivity index (χ1) is 8.59. The summed E-state index contributed by atoms with van der Waals surface area (Å²) < 4.78 is 27.0. The smallest absolute Gasteiger partial charge is 0.130 e. The van der Waals surface area contributed by atoms with Crippen molar-refractivity contribution >= 4 is 0 Å². The van der Waals surface area contributed by atoms with E-state index in [1.165, 1.54) is 31.0 Å². The van der Waals surface area contributed by atoms with E-state index in [0.717, 1.165) is 6.42 Å². The van der Waals surface area contributed by atoms with Crippen LogP contribution < -0.4 is 5.32 Å². The van der Waals surface area contributed by atoms with Crippen molar-refractivity contribution in [1.82, 2.24) is 5.32 Å². The number of hydrogen-bond donors (Lipinski definition) is 1. The monoisotopic (exact) mass is 253 g/mol. The maximum absolute atomic E-state index is 13.5. The predicted molar refractivity (Wildman–Crippen MR) is 69.2 cm³/mol. The molecule has 0 saturated heterocycles. The number of nitrogens with one attached hydrogen (secondary N) is 1. The summed E-state index contributed by atoms with van der Waals surface area (Å²) in [5.74, 6) is 0.327. The van der Waals surface area contributed by atoms with Gasteiger partial charge >= 0.3 is 0 Å². The summed E-state index contributed by atoms with van der Waals surface area (Å²) in [7, 11) is 0. The molecule has 0 radical (unpaired) electrons. The molecule has 0 aromatic heterocycles. The van der Waals surface area contributed by atoms with Crippen molar-refractivity contribution in [3.05, 3.63) is 35.4 Å². The fourth-order valence-electron chi connectivity index (χ4n) is 2.80. The van der Waals surface area contributed by atoms with Crippen LogP contribution in [0, 0.1) is 23.5 Å². The molecule has 0 amide bonds. The topological polar surface area (TPSA) is 12.0 Å². The number of hydrogen-bond acceptors (Lipinski definition) is 1. The molecule has 3 unspecified atom stereocenters. The van der Waals surface area contributed by atoms with Crippen LogP contribution in [-0.4, -0.2) is 6.04 Å². The normalized spacial score (nSPS) is 28.3. The van der Waals surface area contributed by atoms with E-state index in [1.54, 1.807) is 0 Å². The molecule has 0 heterocycles. The van der Waals surface area contributed by atoms with Crippen LogP contribution in [0.5, 0.6) is 0 Å². The summed E-state index contributed by atoms with van der Waals surface area (Å²) >= 11 is 0. The Balaban J connectivity index is 1.99. The predicted octanol–water partition coefficient (Wildman–Crippen LogP) is 3.88. The molecule has 0 bridgehead atoms. The Morgan fingerprint density at radius 1 is 1.17 bits per heavy atom. The Morgan fingerprint density at radius 2 is 1.83 bits per heavy atom.